The van der Waals surface area contributed by atoms with Crippen molar-refractivity contribution in [1.82, 2.24) is 19.9 Å². The smallest absolute Gasteiger partial charge is 0.225 e. The van der Waals surface area contributed by atoms with E-state index in [0.717, 1.165) is 56.7 Å². The van der Waals surface area contributed by atoms with Crippen molar-refractivity contribution in [2.24, 2.45) is 5.92 Å². The quantitative estimate of drug-likeness (QED) is 0.823. The number of hydrogen-bond donors (Lipinski definition) is 0. The first-order chi connectivity index (χ1) is 10.7. The summed E-state index contributed by atoms with van der Waals surface area (Å²) < 4.78 is 13.3. The van der Waals surface area contributed by atoms with Crippen molar-refractivity contribution in [2.45, 2.75) is 51.0 Å². The number of ether oxygens (including phenoxy) is 2. The van der Waals surface area contributed by atoms with Crippen LogP contribution in [0.5, 0.6) is 0 Å². The largest absolute Gasteiger partial charge is 0.378 e. The van der Waals surface area contributed by atoms with Gasteiger partial charge in [-0.3, -0.25) is 4.79 Å². The molecule has 3 heterocycles. The first-order valence-electron chi connectivity index (χ1n) is 8.04. The highest BCUT2D eigenvalue weighted by atomic mass is 16.5. The van der Waals surface area contributed by atoms with Crippen LogP contribution in [-0.2, 0) is 34.0 Å². The van der Waals surface area contributed by atoms with E-state index >= 15 is 0 Å². The molecular formula is C15H22N4O3. The number of amides is 1. The van der Waals surface area contributed by atoms with Gasteiger partial charge in [-0.15, -0.1) is 5.10 Å². The molecule has 1 aliphatic carbocycles. The molecule has 2 fully saturated rings. The summed E-state index contributed by atoms with van der Waals surface area (Å²) in [6.45, 7) is 3.32. The maximum Gasteiger partial charge on any atom is 0.225 e. The van der Waals surface area contributed by atoms with Gasteiger partial charge in [-0.1, -0.05) is 5.21 Å². The standard InChI is InChI=1S/C15H22N4O3/c1-21-8-12-13-9-22-15(10-19(13)17-16-12)4-6-18(7-5-15)14(20)11-2-3-11/h11H,2-10H2,1H3. The lowest BCUT2D eigenvalue weighted by Crippen LogP contribution is -2.52. The van der Waals surface area contributed by atoms with Gasteiger partial charge < -0.3 is 14.4 Å². The number of aromatic nitrogens is 3. The van der Waals surface area contributed by atoms with Crippen LogP contribution in [0.4, 0.5) is 0 Å². The summed E-state index contributed by atoms with van der Waals surface area (Å²) in [6.07, 6.45) is 3.90. The summed E-state index contributed by atoms with van der Waals surface area (Å²) >= 11 is 0. The molecule has 4 rings (SSSR count). The van der Waals surface area contributed by atoms with Crippen LogP contribution in [0.2, 0.25) is 0 Å². The minimum Gasteiger partial charge on any atom is -0.378 e. The molecule has 22 heavy (non-hydrogen) atoms. The number of piperidine rings is 1. The third-order valence-corrected chi connectivity index (χ3v) is 5.07. The lowest BCUT2D eigenvalue weighted by atomic mass is 9.89. The average Bonchev–Trinajstić information content (AvgIpc) is 3.31. The Kier molecular flexibility index (Phi) is 3.41. The Morgan fingerprint density at radius 2 is 2.18 bits per heavy atom. The monoisotopic (exact) mass is 306 g/mol. The van der Waals surface area contributed by atoms with Crippen LogP contribution in [0.25, 0.3) is 0 Å². The van der Waals surface area contributed by atoms with Crippen LogP contribution >= 0.6 is 0 Å². The first-order valence-corrected chi connectivity index (χ1v) is 8.04. The van der Waals surface area contributed by atoms with Gasteiger partial charge in [0.15, 0.2) is 0 Å². The Balaban J connectivity index is 1.42. The number of carbonyl (C=O) groups is 1. The third-order valence-electron chi connectivity index (χ3n) is 5.07. The molecule has 120 valence electrons. The van der Waals surface area contributed by atoms with Crippen LogP contribution in [0.3, 0.4) is 0 Å². The van der Waals surface area contributed by atoms with Gasteiger partial charge in [0.05, 0.1) is 31.1 Å². The molecule has 1 saturated carbocycles. The molecule has 7 heteroatoms. The Bertz CT molecular complexity index is 573. The summed E-state index contributed by atoms with van der Waals surface area (Å²) in [5, 5.41) is 8.43. The van der Waals surface area contributed by atoms with E-state index < -0.39 is 0 Å². The molecule has 7 nitrogen and oxygen atoms in total. The molecule has 0 aromatic carbocycles. The van der Waals surface area contributed by atoms with Gasteiger partial charge in [-0.05, 0) is 25.7 Å². The zero-order valence-corrected chi connectivity index (χ0v) is 13.0. The Morgan fingerprint density at radius 3 is 2.86 bits per heavy atom. The molecule has 0 N–H and O–H groups in total. The summed E-state index contributed by atoms with van der Waals surface area (Å²) in [5.41, 5.74) is 1.69. The van der Waals surface area contributed by atoms with Gasteiger partial charge >= 0.3 is 0 Å². The molecule has 1 saturated heterocycles. The molecule has 3 aliphatic rings. The number of nitrogens with zero attached hydrogens (tertiary/aromatic N) is 4. The van der Waals surface area contributed by atoms with Crippen molar-refractivity contribution in [2.75, 3.05) is 20.2 Å². The number of rotatable bonds is 3. The second-order valence-corrected chi connectivity index (χ2v) is 6.64. The van der Waals surface area contributed by atoms with Gasteiger partial charge in [0.2, 0.25) is 5.91 Å². The van der Waals surface area contributed by atoms with Crippen molar-refractivity contribution in [3.05, 3.63) is 11.4 Å². The highest BCUT2D eigenvalue weighted by molar-refractivity contribution is 5.81. The van der Waals surface area contributed by atoms with Crippen molar-refractivity contribution in [3.8, 4) is 0 Å². The molecule has 1 amide bonds. The van der Waals surface area contributed by atoms with Crippen molar-refractivity contribution in [1.29, 1.82) is 0 Å². The molecule has 0 unspecified atom stereocenters. The molecule has 0 radical (unpaired) electrons. The fourth-order valence-corrected chi connectivity index (χ4v) is 3.47. The molecule has 1 aromatic heterocycles. The van der Waals surface area contributed by atoms with E-state index in [1.807, 2.05) is 9.58 Å². The molecule has 1 aromatic rings. The zero-order valence-electron chi connectivity index (χ0n) is 13.0. The summed E-state index contributed by atoms with van der Waals surface area (Å²) in [5.74, 6) is 0.648. The molecule has 1 spiro atoms. The zero-order chi connectivity index (χ0) is 15.2. The van der Waals surface area contributed by atoms with E-state index in [-0.39, 0.29) is 5.60 Å². The van der Waals surface area contributed by atoms with E-state index in [1.165, 1.54) is 0 Å². The molecule has 0 atom stereocenters. The Hall–Kier alpha value is -1.47. The fourth-order valence-electron chi connectivity index (χ4n) is 3.47. The highest BCUT2D eigenvalue weighted by Crippen LogP contribution is 2.36. The van der Waals surface area contributed by atoms with Crippen molar-refractivity contribution >= 4 is 5.91 Å². The van der Waals surface area contributed by atoms with Gasteiger partial charge in [-0.25, -0.2) is 4.68 Å². The van der Waals surface area contributed by atoms with Crippen LogP contribution < -0.4 is 0 Å². The van der Waals surface area contributed by atoms with Crippen molar-refractivity contribution in [3.63, 3.8) is 0 Å². The van der Waals surface area contributed by atoms with Gasteiger partial charge in [0.25, 0.3) is 0 Å². The van der Waals surface area contributed by atoms with E-state index in [9.17, 15) is 4.79 Å². The fraction of sp³-hybridized carbons (Fsp3) is 0.800. The molecular weight excluding hydrogens is 284 g/mol. The van der Waals surface area contributed by atoms with E-state index in [4.69, 9.17) is 9.47 Å². The first kappa shape index (κ1) is 14.1. The number of likely N-dealkylation sites (tertiary alicyclic amines) is 1. The minimum absolute atomic E-state index is 0.189. The maximum absolute atomic E-state index is 12.1. The minimum atomic E-state index is -0.189. The van der Waals surface area contributed by atoms with E-state index in [0.29, 0.717) is 25.0 Å². The molecule has 2 aliphatic heterocycles. The predicted octanol–water partition coefficient (Wildman–Crippen LogP) is 0.726. The summed E-state index contributed by atoms with van der Waals surface area (Å²) in [7, 11) is 1.66. The lowest BCUT2D eigenvalue weighted by molar-refractivity contribution is -0.147. The van der Waals surface area contributed by atoms with Gasteiger partial charge in [0.1, 0.15) is 5.69 Å². The third kappa shape index (κ3) is 2.42. The number of hydrogen-bond acceptors (Lipinski definition) is 5. The van der Waals surface area contributed by atoms with Gasteiger partial charge in [-0.2, -0.15) is 0 Å². The second-order valence-electron chi connectivity index (χ2n) is 6.64. The number of carbonyl (C=O) groups excluding carboxylic acids is 1. The van der Waals surface area contributed by atoms with Crippen LogP contribution in [0.15, 0.2) is 0 Å². The van der Waals surface area contributed by atoms with E-state index in [2.05, 4.69) is 10.3 Å². The topological polar surface area (TPSA) is 69.5 Å². The van der Waals surface area contributed by atoms with Crippen LogP contribution in [0, 0.1) is 5.92 Å². The SMILES string of the molecule is COCc1nnn2c1COC1(CCN(C(=O)C3CC3)CC1)C2. The van der Waals surface area contributed by atoms with Gasteiger partial charge in [0, 0.05) is 26.1 Å². The average molecular weight is 306 g/mol. The second kappa shape index (κ2) is 5.31. The highest BCUT2D eigenvalue weighted by Gasteiger charge is 2.43. The Labute approximate surface area is 129 Å². The van der Waals surface area contributed by atoms with E-state index in [1.54, 1.807) is 7.11 Å². The normalized spacial score (nSPS) is 23.6. The lowest BCUT2D eigenvalue weighted by Gasteiger charge is -2.43. The number of fused-ring (bicyclic) bond motifs is 1. The maximum atomic E-state index is 12.1. The van der Waals surface area contributed by atoms with Crippen LogP contribution in [0.1, 0.15) is 37.1 Å². The summed E-state index contributed by atoms with van der Waals surface area (Å²) in [4.78, 5) is 14.2. The molecule has 0 bridgehead atoms. The number of methoxy groups -OCH3 is 1. The Morgan fingerprint density at radius 1 is 1.41 bits per heavy atom. The van der Waals surface area contributed by atoms with Crippen molar-refractivity contribution < 1.29 is 14.3 Å². The summed E-state index contributed by atoms with van der Waals surface area (Å²) in [6, 6.07) is 0. The van der Waals surface area contributed by atoms with Crippen LogP contribution in [-0.4, -0.2) is 51.6 Å². The predicted molar refractivity (Wildman–Crippen MR) is 76.8 cm³/mol.